The molecule has 1 aromatic rings. The molecule has 2 atom stereocenters. The molecule has 2 amide bonds. The van der Waals surface area contributed by atoms with Crippen LogP contribution in [0.25, 0.3) is 0 Å². The maximum atomic E-state index is 13.5. The second-order valence-electron chi connectivity index (χ2n) is 5.38. The van der Waals surface area contributed by atoms with E-state index < -0.39 is 18.0 Å². The molecule has 6 heteroatoms. The Morgan fingerprint density at radius 1 is 1.50 bits per heavy atom. The SMILES string of the molecule is CCCCNC(=O)[C@@H]1OCC(=O)N(C)[C@@H]1c1cccc(F)c1. The highest BCUT2D eigenvalue weighted by molar-refractivity contribution is 5.86. The van der Waals surface area contributed by atoms with Gasteiger partial charge in [-0.05, 0) is 24.1 Å². The van der Waals surface area contributed by atoms with E-state index in [1.807, 2.05) is 6.92 Å². The predicted molar refractivity (Wildman–Crippen MR) is 79.6 cm³/mol. The van der Waals surface area contributed by atoms with Crippen molar-refractivity contribution in [2.75, 3.05) is 20.2 Å². The number of hydrogen-bond acceptors (Lipinski definition) is 3. The number of amides is 2. The molecule has 1 heterocycles. The summed E-state index contributed by atoms with van der Waals surface area (Å²) in [5.41, 5.74) is 0.547. The predicted octanol–water partition coefficient (Wildman–Crippen LogP) is 1.64. The first kappa shape index (κ1) is 16.4. The Morgan fingerprint density at radius 2 is 2.27 bits per heavy atom. The molecule has 5 nitrogen and oxygen atoms in total. The average Bonchev–Trinajstić information content (AvgIpc) is 2.50. The molecule has 0 radical (unpaired) electrons. The fourth-order valence-electron chi connectivity index (χ4n) is 2.51. The Labute approximate surface area is 129 Å². The van der Waals surface area contributed by atoms with Crippen LogP contribution in [0, 0.1) is 5.82 Å². The number of unbranched alkanes of at least 4 members (excludes halogenated alkanes) is 1. The summed E-state index contributed by atoms with van der Waals surface area (Å²) in [4.78, 5) is 25.6. The van der Waals surface area contributed by atoms with Gasteiger partial charge in [-0.1, -0.05) is 25.5 Å². The molecule has 0 aromatic heterocycles. The molecule has 1 saturated heterocycles. The number of rotatable bonds is 5. The zero-order valence-electron chi connectivity index (χ0n) is 12.8. The molecule has 0 unspecified atom stereocenters. The van der Waals surface area contributed by atoms with E-state index in [-0.39, 0.29) is 18.4 Å². The van der Waals surface area contributed by atoms with E-state index in [0.717, 1.165) is 12.8 Å². The first-order chi connectivity index (χ1) is 10.5. The van der Waals surface area contributed by atoms with E-state index in [1.54, 1.807) is 19.2 Å². The van der Waals surface area contributed by atoms with Crippen molar-refractivity contribution in [1.29, 1.82) is 0 Å². The van der Waals surface area contributed by atoms with Gasteiger partial charge in [0.25, 0.3) is 5.91 Å². The summed E-state index contributed by atoms with van der Waals surface area (Å²) in [5, 5.41) is 2.81. The van der Waals surface area contributed by atoms with E-state index in [1.165, 1.54) is 17.0 Å². The number of benzene rings is 1. The summed E-state index contributed by atoms with van der Waals surface area (Å²) >= 11 is 0. The number of likely N-dealkylation sites (N-methyl/N-ethyl adjacent to an activating group) is 1. The van der Waals surface area contributed by atoms with Gasteiger partial charge in [0.05, 0.1) is 6.04 Å². The number of carbonyl (C=O) groups is 2. The van der Waals surface area contributed by atoms with E-state index in [4.69, 9.17) is 4.74 Å². The molecule has 0 bridgehead atoms. The molecule has 2 rings (SSSR count). The van der Waals surface area contributed by atoms with Gasteiger partial charge in [-0.2, -0.15) is 0 Å². The van der Waals surface area contributed by atoms with Crippen LogP contribution in [-0.2, 0) is 14.3 Å². The lowest BCUT2D eigenvalue weighted by molar-refractivity contribution is -0.162. The molecule has 1 aliphatic rings. The zero-order chi connectivity index (χ0) is 16.1. The minimum Gasteiger partial charge on any atom is -0.356 e. The zero-order valence-corrected chi connectivity index (χ0v) is 12.8. The molecular weight excluding hydrogens is 287 g/mol. The van der Waals surface area contributed by atoms with Crippen LogP contribution in [0.4, 0.5) is 4.39 Å². The quantitative estimate of drug-likeness (QED) is 0.841. The molecule has 0 aliphatic carbocycles. The summed E-state index contributed by atoms with van der Waals surface area (Å²) in [6.45, 7) is 2.45. The minimum atomic E-state index is -0.832. The third-order valence-corrected chi connectivity index (χ3v) is 3.76. The standard InChI is InChI=1S/C16H21FN2O3/c1-3-4-8-18-16(21)15-14(19(2)13(20)10-22-15)11-6-5-7-12(17)9-11/h5-7,9,14-15H,3-4,8,10H2,1-2H3,(H,18,21)/t14-,15-/m1/s1. The summed E-state index contributed by atoms with van der Waals surface area (Å²) in [5.74, 6) is -0.914. The fraction of sp³-hybridized carbons (Fsp3) is 0.500. The number of nitrogens with zero attached hydrogens (tertiary/aromatic N) is 1. The van der Waals surface area contributed by atoms with Gasteiger partial charge in [0.15, 0.2) is 6.10 Å². The first-order valence-electron chi connectivity index (χ1n) is 7.45. The average molecular weight is 308 g/mol. The summed E-state index contributed by atoms with van der Waals surface area (Å²) in [6, 6.07) is 5.28. The second kappa shape index (κ2) is 7.35. The van der Waals surface area contributed by atoms with Gasteiger partial charge in [0.1, 0.15) is 12.4 Å². The lowest BCUT2D eigenvalue weighted by Crippen LogP contribution is -2.53. The van der Waals surface area contributed by atoms with Crippen LogP contribution in [0.1, 0.15) is 31.4 Å². The smallest absolute Gasteiger partial charge is 0.251 e. The lowest BCUT2D eigenvalue weighted by Gasteiger charge is -2.38. The first-order valence-corrected chi connectivity index (χ1v) is 7.45. The highest BCUT2D eigenvalue weighted by atomic mass is 19.1. The number of hydrogen-bond donors (Lipinski definition) is 1. The van der Waals surface area contributed by atoms with Crippen LogP contribution >= 0.6 is 0 Å². The Balaban J connectivity index is 2.22. The van der Waals surface area contributed by atoms with Crippen molar-refractivity contribution in [2.24, 2.45) is 0 Å². The van der Waals surface area contributed by atoms with Crippen molar-refractivity contribution in [2.45, 2.75) is 31.9 Å². The molecule has 22 heavy (non-hydrogen) atoms. The van der Waals surface area contributed by atoms with E-state index in [0.29, 0.717) is 12.1 Å². The van der Waals surface area contributed by atoms with Gasteiger partial charge in [-0.15, -0.1) is 0 Å². The van der Waals surface area contributed by atoms with E-state index in [2.05, 4.69) is 5.32 Å². The van der Waals surface area contributed by atoms with Crippen LogP contribution in [0.2, 0.25) is 0 Å². The molecule has 0 saturated carbocycles. The van der Waals surface area contributed by atoms with Crippen molar-refractivity contribution < 1.29 is 18.7 Å². The van der Waals surface area contributed by atoms with Gasteiger partial charge in [0, 0.05) is 13.6 Å². The highest BCUT2D eigenvalue weighted by Crippen LogP contribution is 2.29. The third-order valence-electron chi connectivity index (χ3n) is 3.76. The topological polar surface area (TPSA) is 58.6 Å². The largest absolute Gasteiger partial charge is 0.356 e. The number of nitrogens with one attached hydrogen (secondary N) is 1. The van der Waals surface area contributed by atoms with Crippen LogP contribution in [-0.4, -0.2) is 43.0 Å². The Bertz CT molecular complexity index is 550. The normalized spacial score (nSPS) is 21.8. The fourth-order valence-corrected chi connectivity index (χ4v) is 2.51. The van der Waals surface area contributed by atoms with Crippen molar-refractivity contribution in [3.63, 3.8) is 0 Å². The van der Waals surface area contributed by atoms with Crippen LogP contribution in [0.15, 0.2) is 24.3 Å². The number of halogens is 1. The van der Waals surface area contributed by atoms with Crippen LogP contribution in [0.5, 0.6) is 0 Å². The molecule has 1 fully saturated rings. The number of ether oxygens (including phenoxy) is 1. The molecule has 0 spiro atoms. The van der Waals surface area contributed by atoms with Gasteiger partial charge in [-0.25, -0.2) is 4.39 Å². The molecule has 120 valence electrons. The highest BCUT2D eigenvalue weighted by Gasteiger charge is 2.39. The Morgan fingerprint density at radius 3 is 2.95 bits per heavy atom. The van der Waals surface area contributed by atoms with E-state index >= 15 is 0 Å². The summed E-state index contributed by atoms with van der Waals surface area (Å²) in [7, 11) is 1.60. The van der Waals surface area contributed by atoms with Crippen molar-refractivity contribution >= 4 is 11.8 Å². The summed E-state index contributed by atoms with van der Waals surface area (Å²) < 4.78 is 18.9. The van der Waals surface area contributed by atoms with Crippen LogP contribution in [0.3, 0.4) is 0 Å². The number of morpholine rings is 1. The minimum absolute atomic E-state index is 0.145. The summed E-state index contributed by atoms with van der Waals surface area (Å²) in [6.07, 6.45) is 1.01. The maximum absolute atomic E-state index is 13.5. The van der Waals surface area contributed by atoms with Crippen molar-refractivity contribution in [3.8, 4) is 0 Å². The van der Waals surface area contributed by atoms with Gasteiger partial charge in [0.2, 0.25) is 5.91 Å². The van der Waals surface area contributed by atoms with Crippen molar-refractivity contribution in [1.82, 2.24) is 10.2 Å². The Hall–Kier alpha value is -1.95. The Kier molecular flexibility index (Phi) is 5.49. The molecule has 1 aromatic carbocycles. The van der Waals surface area contributed by atoms with Crippen LogP contribution < -0.4 is 5.32 Å². The second-order valence-corrected chi connectivity index (χ2v) is 5.38. The van der Waals surface area contributed by atoms with Crippen molar-refractivity contribution in [3.05, 3.63) is 35.6 Å². The molecule has 1 N–H and O–H groups in total. The van der Waals surface area contributed by atoms with Gasteiger partial charge >= 0.3 is 0 Å². The number of carbonyl (C=O) groups excluding carboxylic acids is 2. The lowest BCUT2D eigenvalue weighted by atomic mass is 9.97. The molecular formula is C16H21FN2O3. The maximum Gasteiger partial charge on any atom is 0.251 e. The third kappa shape index (κ3) is 3.62. The van der Waals surface area contributed by atoms with Gasteiger partial charge in [-0.3, -0.25) is 9.59 Å². The monoisotopic (exact) mass is 308 g/mol. The van der Waals surface area contributed by atoms with E-state index in [9.17, 15) is 14.0 Å². The van der Waals surface area contributed by atoms with Gasteiger partial charge < -0.3 is 15.0 Å². The molecule has 1 aliphatic heterocycles.